The van der Waals surface area contributed by atoms with E-state index in [1.165, 1.54) is 19.3 Å². The summed E-state index contributed by atoms with van der Waals surface area (Å²) in [4.78, 5) is 2.52. The lowest BCUT2D eigenvalue weighted by molar-refractivity contribution is -0.0242. The summed E-state index contributed by atoms with van der Waals surface area (Å²) in [5.74, 6) is 0.298. The van der Waals surface area contributed by atoms with Crippen LogP contribution >= 0.6 is 12.4 Å². The van der Waals surface area contributed by atoms with Crippen LogP contribution in [0.2, 0.25) is 0 Å². The van der Waals surface area contributed by atoms with Crippen LogP contribution in [0, 0.1) is 5.41 Å². The van der Waals surface area contributed by atoms with Crippen molar-refractivity contribution in [1.29, 1.82) is 5.41 Å². The second-order valence-electron chi connectivity index (χ2n) is 5.91. The van der Waals surface area contributed by atoms with Crippen LogP contribution in [-0.4, -0.2) is 28.4 Å². The Labute approximate surface area is 106 Å². The molecule has 0 atom stereocenters. The third kappa shape index (κ3) is 3.63. The number of nitrogens with two attached hydrogens (primary N) is 1. The fourth-order valence-electron chi connectivity index (χ4n) is 2.88. The number of nitrogens with zero attached hydrogens (tertiary/aromatic N) is 1. The average Bonchev–Trinajstić information content (AvgIpc) is 1.99. The van der Waals surface area contributed by atoms with Crippen molar-refractivity contribution < 1.29 is 0 Å². The molecule has 1 rings (SSSR count). The second-order valence-corrected chi connectivity index (χ2v) is 5.91. The highest BCUT2D eigenvalue weighted by Gasteiger charge is 2.40. The number of rotatable bonds is 3. The van der Waals surface area contributed by atoms with Gasteiger partial charge in [0.1, 0.15) is 0 Å². The molecule has 1 saturated heterocycles. The maximum absolute atomic E-state index is 7.32. The maximum Gasteiger partial charge on any atom is 0.0918 e. The predicted molar refractivity (Wildman–Crippen MR) is 72.5 cm³/mol. The Morgan fingerprint density at radius 2 is 1.62 bits per heavy atom. The van der Waals surface area contributed by atoms with Crippen LogP contribution < -0.4 is 5.73 Å². The van der Waals surface area contributed by atoms with Gasteiger partial charge in [0.2, 0.25) is 0 Å². The Kier molecular flexibility index (Phi) is 5.27. The van der Waals surface area contributed by atoms with Gasteiger partial charge in [0.05, 0.1) is 5.84 Å². The van der Waals surface area contributed by atoms with Gasteiger partial charge < -0.3 is 5.73 Å². The Hall–Kier alpha value is -0.280. The molecule has 0 amide bonds. The molecule has 3 nitrogen and oxygen atoms in total. The quantitative estimate of drug-likeness (QED) is 0.595. The molecule has 0 aromatic heterocycles. The summed E-state index contributed by atoms with van der Waals surface area (Å²) in [6.45, 7) is 10.1. The van der Waals surface area contributed by atoms with Crippen molar-refractivity contribution in [3.63, 3.8) is 0 Å². The number of piperidine rings is 1. The van der Waals surface area contributed by atoms with Crippen LogP contribution in [0.1, 0.15) is 53.4 Å². The van der Waals surface area contributed by atoms with Gasteiger partial charge in [-0.15, -0.1) is 12.4 Å². The zero-order valence-corrected chi connectivity index (χ0v) is 11.8. The lowest BCUT2D eigenvalue weighted by Crippen LogP contribution is -2.59. The van der Waals surface area contributed by atoms with E-state index in [1.807, 2.05) is 0 Å². The summed E-state index contributed by atoms with van der Waals surface area (Å²) < 4.78 is 0. The van der Waals surface area contributed by atoms with Crippen molar-refractivity contribution in [2.75, 3.05) is 6.54 Å². The van der Waals surface area contributed by atoms with Crippen molar-refractivity contribution in [2.24, 2.45) is 5.73 Å². The molecule has 0 saturated carbocycles. The van der Waals surface area contributed by atoms with Gasteiger partial charge in [-0.3, -0.25) is 10.3 Å². The molecule has 0 aromatic carbocycles. The normalized spacial score (nSPS) is 23.5. The first-order valence-corrected chi connectivity index (χ1v) is 5.86. The number of halogens is 1. The Morgan fingerprint density at radius 3 is 2.00 bits per heavy atom. The van der Waals surface area contributed by atoms with Crippen LogP contribution in [0.15, 0.2) is 0 Å². The molecule has 1 fully saturated rings. The summed E-state index contributed by atoms with van der Waals surface area (Å²) in [5.41, 5.74) is 5.94. The fraction of sp³-hybridized carbons (Fsp3) is 0.917. The standard InChI is InChI=1S/C12H25N3.ClH/c1-11(2)7-5-8-12(3,4)15(11)9-6-10(13)14;/h5-9H2,1-4H3,(H3,13,14);1H. The zero-order valence-electron chi connectivity index (χ0n) is 11.0. The first kappa shape index (κ1) is 15.7. The number of nitrogens with one attached hydrogen (secondary N) is 1. The van der Waals surface area contributed by atoms with Crippen molar-refractivity contribution >= 4 is 18.2 Å². The van der Waals surface area contributed by atoms with E-state index in [9.17, 15) is 0 Å². The van der Waals surface area contributed by atoms with E-state index in [0.717, 1.165) is 6.54 Å². The average molecular weight is 248 g/mol. The van der Waals surface area contributed by atoms with Crippen LogP contribution in [0.3, 0.4) is 0 Å². The minimum Gasteiger partial charge on any atom is -0.388 e. The molecule has 1 aliphatic rings. The van der Waals surface area contributed by atoms with Gasteiger partial charge in [0, 0.05) is 24.0 Å². The van der Waals surface area contributed by atoms with Crippen molar-refractivity contribution in [1.82, 2.24) is 4.90 Å². The summed E-state index contributed by atoms with van der Waals surface area (Å²) in [6.07, 6.45) is 4.48. The van der Waals surface area contributed by atoms with Crippen molar-refractivity contribution in [3.05, 3.63) is 0 Å². The fourth-order valence-corrected chi connectivity index (χ4v) is 2.88. The van der Waals surface area contributed by atoms with Gasteiger partial charge in [-0.25, -0.2) is 0 Å². The first-order chi connectivity index (χ1) is 6.76. The van der Waals surface area contributed by atoms with Gasteiger partial charge >= 0.3 is 0 Å². The number of hydrogen-bond donors (Lipinski definition) is 2. The highest BCUT2D eigenvalue weighted by atomic mass is 35.5. The van der Waals surface area contributed by atoms with Crippen molar-refractivity contribution in [3.8, 4) is 0 Å². The monoisotopic (exact) mass is 247 g/mol. The van der Waals surface area contributed by atoms with E-state index in [0.29, 0.717) is 12.3 Å². The third-order valence-electron chi connectivity index (χ3n) is 3.64. The Morgan fingerprint density at radius 1 is 1.19 bits per heavy atom. The largest absolute Gasteiger partial charge is 0.388 e. The highest BCUT2D eigenvalue weighted by Crippen LogP contribution is 2.37. The highest BCUT2D eigenvalue weighted by molar-refractivity contribution is 5.85. The van der Waals surface area contributed by atoms with E-state index < -0.39 is 0 Å². The number of amidine groups is 1. The number of hydrogen-bond acceptors (Lipinski definition) is 2. The van der Waals surface area contributed by atoms with Gasteiger partial charge in [0.15, 0.2) is 0 Å². The molecule has 0 radical (unpaired) electrons. The molecule has 4 heteroatoms. The molecular weight excluding hydrogens is 222 g/mol. The SMILES string of the molecule is CC1(C)CCCC(C)(C)N1CCC(=N)N.Cl. The molecule has 16 heavy (non-hydrogen) atoms. The van der Waals surface area contributed by atoms with Crippen LogP contribution in [-0.2, 0) is 0 Å². The minimum absolute atomic E-state index is 0. The minimum atomic E-state index is 0. The van der Waals surface area contributed by atoms with Crippen LogP contribution in [0.25, 0.3) is 0 Å². The maximum atomic E-state index is 7.32. The smallest absolute Gasteiger partial charge is 0.0918 e. The van der Waals surface area contributed by atoms with Gasteiger partial charge in [-0.05, 0) is 47.0 Å². The van der Waals surface area contributed by atoms with E-state index in [4.69, 9.17) is 11.1 Å². The molecule has 96 valence electrons. The van der Waals surface area contributed by atoms with Gasteiger partial charge in [0.25, 0.3) is 0 Å². The molecule has 3 N–H and O–H groups in total. The van der Waals surface area contributed by atoms with E-state index >= 15 is 0 Å². The van der Waals surface area contributed by atoms with Gasteiger partial charge in [-0.2, -0.15) is 0 Å². The molecule has 0 bridgehead atoms. The second kappa shape index (κ2) is 5.37. The predicted octanol–water partition coefficient (Wildman–Crippen LogP) is 2.78. The topological polar surface area (TPSA) is 53.1 Å². The van der Waals surface area contributed by atoms with Crippen LogP contribution in [0.5, 0.6) is 0 Å². The van der Waals surface area contributed by atoms with Crippen molar-refractivity contribution in [2.45, 2.75) is 64.5 Å². The molecule has 0 aromatic rings. The zero-order chi connectivity index (χ0) is 11.7. The van der Waals surface area contributed by atoms with E-state index in [2.05, 4.69) is 32.6 Å². The van der Waals surface area contributed by atoms with Crippen LogP contribution in [0.4, 0.5) is 0 Å². The number of likely N-dealkylation sites (tertiary alicyclic amines) is 1. The molecule has 0 unspecified atom stereocenters. The Bertz CT molecular complexity index is 233. The summed E-state index contributed by atoms with van der Waals surface area (Å²) >= 11 is 0. The summed E-state index contributed by atoms with van der Waals surface area (Å²) in [6, 6.07) is 0. The third-order valence-corrected chi connectivity index (χ3v) is 3.64. The molecule has 1 heterocycles. The van der Waals surface area contributed by atoms with Gasteiger partial charge in [-0.1, -0.05) is 0 Å². The lowest BCUT2D eigenvalue weighted by atomic mass is 9.79. The first-order valence-electron chi connectivity index (χ1n) is 5.86. The molecular formula is C12H26ClN3. The summed E-state index contributed by atoms with van der Waals surface area (Å²) in [7, 11) is 0. The molecule has 0 aliphatic carbocycles. The lowest BCUT2D eigenvalue weighted by Gasteiger charge is -2.53. The Balaban J connectivity index is 0.00000225. The molecule has 1 aliphatic heterocycles. The van der Waals surface area contributed by atoms with E-state index in [-0.39, 0.29) is 23.5 Å². The molecule has 0 spiro atoms. The summed E-state index contributed by atoms with van der Waals surface area (Å²) in [5, 5.41) is 7.32. The van der Waals surface area contributed by atoms with E-state index in [1.54, 1.807) is 0 Å².